The van der Waals surface area contributed by atoms with Crippen LogP contribution in [0.1, 0.15) is 35.1 Å². The summed E-state index contributed by atoms with van der Waals surface area (Å²) in [5, 5.41) is 6.20. The van der Waals surface area contributed by atoms with Gasteiger partial charge in [-0.3, -0.25) is 9.48 Å². The molecule has 2 aromatic rings. The number of carbonyl (C=O) groups is 1. The molecule has 1 saturated carbocycles. The lowest BCUT2D eigenvalue weighted by molar-refractivity contribution is 0.0720. The highest BCUT2D eigenvalue weighted by Crippen LogP contribution is 2.31. The van der Waals surface area contributed by atoms with Crippen LogP contribution in [0.15, 0.2) is 23.7 Å². The molecule has 2 aromatic heterocycles. The molecule has 0 aromatic carbocycles. The maximum atomic E-state index is 12.8. The summed E-state index contributed by atoms with van der Waals surface area (Å²) >= 11 is 1.68. The van der Waals surface area contributed by atoms with Crippen molar-refractivity contribution in [2.75, 3.05) is 5.73 Å². The SMILES string of the molecule is CCn1ncc(N)c1C(=O)N(Cc1cccs1)C1CC1. The molecule has 1 aliphatic rings. The molecular weight excluding hydrogens is 272 g/mol. The van der Waals surface area contributed by atoms with Gasteiger partial charge in [-0.05, 0) is 31.2 Å². The van der Waals surface area contributed by atoms with E-state index in [1.54, 1.807) is 22.2 Å². The molecule has 5 nitrogen and oxygen atoms in total. The van der Waals surface area contributed by atoms with Crippen LogP contribution in [0.2, 0.25) is 0 Å². The second-order valence-electron chi connectivity index (χ2n) is 5.01. The van der Waals surface area contributed by atoms with Gasteiger partial charge >= 0.3 is 0 Å². The second kappa shape index (κ2) is 5.28. The van der Waals surface area contributed by atoms with Crippen molar-refractivity contribution in [1.29, 1.82) is 0 Å². The van der Waals surface area contributed by atoms with Gasteiger partial charge in [0.15, 0.2) is 0 Å². The molecule has 2 heterocycles. The highest BCUT2D eigenvalue weighted by atomic mass is 32.1. The first-order valence-corrected chi connectivity index (χ1v) is 7.73. The first-order chi connectivity index (χ1) is 9.70. The van der Waals surface area contributed by atoms with Gasteiger partial charge in [0, 0.05) is 17.5 Å². The third-order valence-electron chi connectivity index (χ3n) is 3.52. The predicted molar refractivity (Wildman–Crippen MR) is 79.5 cm³/mol. The van der Waals surface area contributed by atoms with Crippen LogP contribution in [0.25, 0.3) is 0 Å². The number of aryl methyl sites for hydroxylation is 1. The summed E-state index contributed by atoms with van der Waals surface area (Å²) in [7, 11) is 0. The largest absolute Gasteiger partial charge is 0.396 e. The predicted octanol–water partition coefficient (Wildman–Crippen LogP) is 2.35. The van der Waals surface area contributed by atoms with Crippen LogP contribution in [0.4, 0.5) is 5.69 Å². The molecule has 0 unspecified atom stereocenters. The topological polar surface area (TPSA) is 64.2 Å². The van der Waals surface area contributed by atoms with Gasteiger partial charge in [-0.15, -0.1) is 11.3 Å². The van der Waals surface area contributed by atoms with Crippen LogP contribution in [-0.2, 0) is 13.1 Å². The van der Waals surface area contributed by atoms with Crippen molar-refractivity contribution in [1.82, 2.24) is 14.7 Å². The van der Waals surface area contributed by atoms with E-state index in [9.17, 15) is 4.79 Å². The summed E-state index contributed by atoms with van der Waals surface area (Å²) < 4.78 is 1.68. The van der Waals surface area contributed by atoms with Crippen LogP contribution >= 0.6 is 11.3 Å². The second-order valence-corrected chi connectivity index (χ2v) is 6.04. The number of hydrogen-bond donors (Lipinski definition) is 1. The Balaban J connectivity index is 1.87. The molecule has 0 atom stereocenters. The Kier molecular flexibility index (Phi) is 3.48. The van der Waals surface area contributed by atoms with E-state index >= 15 is 0 Å². The zero-order valence-corrected chi connectivity index (χ0v) is 12.3. The molecule has 0 spiro atoms. The number of carbonyl (C=O) groups excluding carboxylic acids is 1. The molecular formula is C14H18N4OS. The molecule has 1 fully saturated rings. The molecule has 1 aliphatic carbocycles. The zero-order valence-electron chi connectivity index (χ0n) is 11.5. The van der Waals surface area contributed by atoms with Crippen molar-refractivity contribution in [2.45, 2.75) is 38.9 Å². The van der Waals surface area contributed by atoms with Gasteiger partial charge in [0.1, 0.15) is 5.69 Å². The number of aromatic nitrogens is 2. The molecule has 0 aliphatic heterocycles. The van der Waals surface area contributed by atoms with Crippen LogP contribution < -0.4 is 5.73 Å². The smallest absolute Gasteiger partial charge is 0.274 e. The number of nitrogens with zero attached hydrogens (tertiary/aromatic N) is 3. The van der Waals surface area contributed by atoms with Crippen molar-refractivity contribution >= 4 is 22.9 Å². The Bertz CT molecular complexity index is 601. The molecule has 2 N–H and O–H groups in total. The summed E-state index contributed by atoms with van der Waals surface area (Å²) in [5.41, 5.74) is 6.91. The van der Waals surface area contributed by atoms with E-state index in [0.717, 1.165) is 12.8 Å². The Morgan fingerprint density at radius 2 is 2.40 bits per heavy atom. The van der Waals surface area contributed by atoms with Gasteiger partial charge in [-0.2, -0.15) is 5.10 Å². The van der Waals surface area contributed by atoms with E-state index < -0.39 is 0 Å². The van der Waals surface area contributed by atoms with Crippen LogP contribution in [0, 0.1) is 0 Å². The Hall–Kier alpha value is -1.82. The van der Waals surface area contributed by atoms with Gasteiger partial charge in [0.2, 0.25) is 0 Å². The van der Waals surface area contributed by atoms with Gasteiger partial charge in [0.05, 0.1) is 18.4 Å². The average molecular weight is 290 g/mol. The van der Waals surface area contributed by atoms with E-state index in [0.29, 0.717) is 30.5 Å². The van der Waals surface area contributed by atoms with Crippen molar-refractivity contribution in [3.8, 4) is 0 Å². The standard InChI is InChI=1S/C14H18N4OS/c1-2-18-13(12(15)8-16-18)14(19)17(10-5-6-10)9-11-4-3-7-20-11/h3-4,7-8,10H,2,5-6,9,15H2,1H3. The van der Waals surface area contributed by atoms with E-state index in [4.69, 9.17) is 5.73 Å². The fourth-order valence-electron chi connectivity index (χ4n) is 2.33. The number of nitrogen functional groups attached to an aromatic ring is 1. The molecule has 0 radical (unpaired) electrons. The van der Waals surface area contributed by atoms with Crippen molar-refractivity contribution in [2.24, 2.45) is 0 Å². The third kappa shape index (κ3) is 2.43. The lowest BCUT2D eigenvalue weighted by atomic mass is 10.3. The maximum Gasteiger partial charge on any atom is 0.274 e. The van der Waals surface area contributed by atoms with Gasteiger partial charge in [0.25, 0.3) is 5.91 Å². The minimum atomic E-state index is -0.00208. The first-order valence-electron chi connectivity index (χ1n) is 6.85. The number of nitrogens with two attached hydrogens (primary N) is 1. The molecule has 0 bridgehead atoms. The Labute approximate surface area is 122 Å². The molecule has 0 saturated heterocycles. The van der Waals surface area contributed by atoms with E-state index in [2.05, 4.69) is 11.2 Å². The number of thiophene rings is 1. The van der Waals surface area contributed by atoms with Crippen molar-refractivity contribution in [3.63, 3.8) is 0 Å². The van der Waals surface area contributed by atoms with E-state index in [1.165, 1.54) is 4.88 Å². The van der Waals surface area contributed by atoms with Crippen LogP contribution in [0.5, 0.6) is 0 Å². The van der Waals surface area contributed by atoms with Crippen molar-refractivity contribution < 1.29 is 4.79 Å². The summed E-state index contributed by atoms with van der Waals surface area (Å²) in [6.45, 7) is 3.27. The Morgan fingerprint density at radius 3 is 3.00 bits per heavy atom. The quantitative estimate of drug-likeness (QED) is 0.919. The molecule has 106 valence electrons. The van der Waals surface area contributed by atoms with Crippen LogP contribution in [-0.4, -0.2) is 26.6 Å². The maximum absolute atomic E-state index is 12.8. The Morgan fingerprint density at radius 1 is 1.60 bits per heavy atom. The molecule has 1 amide bonds. The minimum Gasteiger partial charge on any atom is -0.396 e. The van der Waals surface area contributed by atoms with Gasteiger partial charge in [-0.1, -0.05) is 6.07 Å². The number of anilines is 1. The fourth-order valence-corrected chi connectivity index (χ4v) is 3.04. The number of rotatable bonds is 5. The summed E-state index contributed by atoms with van der Waals surface area (Å²) in [5.74, 6) is -0.00208. The lowest BCUT2D eigenvalue weighted by Gasteiger charge is -2.22. The van der Waals surface area contributed by atoms with E-state index in [-0.39, 0.29) is 5.91 Å². The normalized spacial score (nSPS) is 14.4. The van der Waals surface area contributed by atoms with Gasteiger partial charge in [-0.25, -0.2) is 0 Å². The molecule has 20 heavy (non-hydrogen) atoms. The molecule has 3 rings (SSSR count). The average Bonchev–Trinajstić information content (AvgIpc) is 3.02. The zero-order chi connectivity index (χ0) is 14.1. The van der Waals surface area contributed by atoms with E-state index in [1.807, 2.05) is 23.3 Å². The highest BCUT2D eigenvalue weighted by Gasteiger charge is 2.35. The number of hydrogen-bond acceptors (Lipinski definition) is 4. The number of amides is 1. The highest BCUT2D eigenvalue weighted by molar-refractivity contribution is 7.09. The fraction of sp³-hybridized carbons (Fsp3) is 0.429. The summed E-state index contributed by atoms with van der Waals surface area (Å²) in [6.07, 6.45) is 3.72. The van der Waals surface area contributed by atoms with Crippen LogP contribution in [0.3, 0.4) is 0 Å². The summed E-state index contributed by atoms with van der Waals surface area (Å²) in [6, 6.07) is 4.43. The lowest BCUT2D eigenvalue weighted by Crippen LogP contribution is -2.34. The minimum absolute atomic E-state index is 0.00208. The summed E-state index contributed by atoms with van der Waals surface area (Å²) in [4.78, 5) is 15.9. The van der Waals surface area contributed by atoms with Crippen molar-refractivity contribution in [3.05, 3.63) is 34.3 Å². The van der Waals surface area contributed by atoms with Gasteiger partial charge < -0.3 is 10.6 Å². The molecule has 6 heteroatoms. The monoisotopic (exact) mass is 290 g/mol. The first kappa shape index (κ1) is 13.2. The third-order valence-corrected chi connectivity index (χ3v) is 4.39.